The predicted octanol–water partition coefficient (Wildman–Crippen LogP) is 1.39. The van der Waals surface area contributed by atoms with Gasteiger partial charge in [0.2, 0.25) is 0 Å². The monoisotopic (exact) mass is 151 g/mol. The van der Waals surface area contributed by atoms with E-state index < -0.39 is 0 Å². The number of nitrogens with one attached hydrogen (secondary N) is 1. The van der Waals surface area contributed by atoms with Crippen LogP contribution >= 0.6 is 12.2 Å². The highest BCUT2D eigenvalue weighted by Crippen LogP contribution is 1.95. The van der Waals surface area contributed by atoms with E-state index in [4.69, 9.17) is 12.2 Å². The highest BCUT2D eigenvalue weighted by Gasteiger charge is 1.88. The summed E-state index contributed by atoms with van der Waals surface area (Å²) in [4.78, 5) is 4.05. The molecule has 0 saturated carbocycles. The second-order valence-electron chi connectivity index (χ2n) is 1.96. The molecule has 0 aromatic carbocycles. The summed E-state index contributed by atoms with van der Waals surface area (Å²) < 4.78 is 2.49. The lowest BCUT2D eigenvalue weighted by atomic mass is 10.6. The van der Waals surface area contributed by atoms with Crippen LogP contribution in [0.5, 0.6) is 0 Å². The standard InChI is InChI=1S/C6H5N3S/c10-6-2-1-5-7-3-4-9(5)8-6/h1-4H,(H,8,10). The van der Waals surface area contributed by atoms with Gasteiger partial charge in [-0.3, -0.25) is 5.10 Å². The zero-order valence-electron chi connectivity index (χ0n) is 5.11. The summed E-state index contributed by atoms with van der Waals surface area (Å²) in [6, 6.07) is 3.69. The number of rotatable bonds is 0. The summed E-state index contributed by atoms with van der Waals surface area (Å²) >= 11 is 4.90. The minimum atomic E-state index is 0.713. The molecule has 0 saturated heterocycles. The Morgan fingerprint density at radius 1 is 1.50 bits per heavy atom. The molecule has 0 aliphatic rings. The van der Waals surface area contributed by atoms with E-state index in [1.807, 2.05) is 18.3 Å². The Bertz CT molecular complexity index is 400. The zero-order valence-corrected chi connectivity index (χ0v) is 5.93. The van der Waals surface area contributed by atoms with Crippen LogP contribution in [-0.4, -0.2) is 14.6 Å². The van der Waals surface area contributed by atoms with Crippen LogP contribution in [0.4, 0.5) is 0 Å². The van der Waals surface area contributed by atoms with E-state index in [1.54, 1.807) is 10.7 Å². The van der Waals surface area contributed by atoms with E-state index in [-0.39, 0.29) is 0 Å². The number of nitrogens with zero attached hydrogens (tertiary/aromatic N) is 2. The highest BCUT2D eigenvalue weighted by atomic mass is 32.1. The van der Waals surface area contributed by atoms with Gasteiger partial charge in [0.25, 0.3) is 0 Å². The van der Waals surface area contributed by atoms with Gasteiger partial charge in [0.05, 0.1) is 0 Å². The van der Waals surface area contributed by atoms with Crippen LogP contribution in [-0.2, 0) is 0 Å². The van der Waals surface area contributed by atoms with Gasteiger partial charge in [-0.25, -0.2) is 9.50 Å². The van der Waals surface area contributed by atoms with E-state index in [0.717, 1.165) is 5.65 Å². The number of aromatic amines is 1. The SMILES string of the molecule is S=c1ccc2nccn2[nH]1. The van der Waals surface area contributed by atoms with Crippen LogP contribution in [0, 0.1) is 4.64 Å². The predicted molar refractivity (Wildman–Crippen MR) is 40.4 cm³/mol. The number of imidazole rings is 1. The zero-order chi connectivity index (χ0) is 6.97. The molecule has 1 N–H and O–H groups in total. The average Bonchev–Trinajstić information content (AvgIpc) is 2.33. The van der Waals surface area contributed by atoms with Gasteiger partial charge in [-0.1, -0.05) is 12.2 Å². The van der Waals surface area contributed by atoms with E-state index in [1.165, 1.54) is 0 Å². The second-order valence-corrected chi connectivity index (χ2v) is 2.40. The molecular weight excluding hydrogens is 146 g/mol. The maximum Gasteiger partial charge on any atom is 0.151 e. The molecular formula is C6H5N3S. The summed E-state index contributed by atoms with van der Waals surface area (Å²) in [5.74, 6) is 0. The van der Waals surface area contributed by atoms with Crippen molar-refractivity contribution >= 4 is 17.9 Å². The van der Waals surface area contributed by atoms with Crippen LogP contribution in [0.3, 0.4) is 0 Å². The van der Waals surface area contributed by atoms with Crippen LogP contribution in [0.25, 0.3) is 5.65 Å². The summed E-state index contributed by atoms with van der Waals surface area (Å²) in [5, 5.41) is 2.94. The molecule has 0 aliphatic heterocycles. The molecule has 0 atom stereocenters. The Morgan fingerprint density at radius 3 is 3.30 bits per heavy atom. The largest absolute Gasteiger partial charge is 0.282 e. The molecule has 2 aromatic rings. The molecule has 2 aromatic heterocycles. The molecule has 2 rings (SSSR count). The summed E-state index contributed by atoms with van der Waals surface area (Å²) in [6.07, 6.45) is 3.55. The molecule has 4 heteroatoms. The average molecular weight is 151 g/mol. The molecule has 0 aliphatic carbocycles. The molecule has 0 fully saturated rings. The Balaban J connectivity index is 2.99. The Labute approximate surface area is 62.3 Å². The highest BCUT2D eigenvalue weighted by molar-refractivity contribution is 7.71. The number of fused-ring (bicyclic) bond motifs is 1. The van der Waals surface area contributed by atoms with Crippen LogP contribution in [0.2, 0.25) is 0 Å². The first kappa shape index (κ1) is 5.61. The fraction of sp³-hybridized carbons (Fsp3) is 0. The van der Waals surface area contributed by atoms with Crippen molar-refractivity contribution in [1.29, 1.82) is 0 Å². The van der Waals surface area contributed by atoms with Gasteiger partial charge in [0.15, 0.2) is 5.65 Å². The minimum Gasteiger partial charge on any atom is -0.282 e. The lowest BCUT2D eigenvalue weighted by Crippen LogP contribution is -1.87. The maximum absolute atomic E-state index is 4.90. The summed E-state index contributed by atoms with van der Waals surface area (Å²) in [6.45, 7) is 0. The Kier molecular flexibility index (Phi) is 1.07. The van der Waals surface area contributed by atoms with Gasteiger partial charge in [-0.05, 0) is 12.1 Å². The van der Waals surface area contributed by atoms with E-state index in [0.29, 0.717) is 4.64 Å². The van der Waals surface area contributed by atoms with Crippen molar-refractivity contribution in [3.05, 3.63) is 29.2 Å². The van der Waals surface area contributed by atoms with E-state index >= 15 is 0 Å². The van der Waals surface area contributed by atoms with Crippen molar-refractivity contribution in [3.8, 4) is 0 Å². The topological polar surface area (TPSA) is 33.1 Å². The summed E-state index contributed by atoms with van der Waals surface area (Å²) in [5.41, 5.74) is 0.883. The van der Waals surface area contributed by atoms with Crippen LogP contribution < -0.4 is 0 Å². The fourth-order valence-corrected chi connectivity index (χ4v) is 1.01. The van der Waals surface area contributed by atoms with Crippen molar-refractivity contribution in [2.75, 3.05) is 0 Å². The molecule has 50 valence electrons. The van der Waals surface area contributed by atoms with E-state index in [2.05, 4.69) is 10.1 Å². The Hall–Kier alpha value is -1.16. The minimum absolute atomic E-state index is 0.713. The number of hydrogen-bond donors (Lipinski definition) is 1. The van der Waals surface area contributed by atoms with Crippen LogP contribution in [0.1, 0.15) is 0 Å². The molecule has 0 unspecified atom stereocenters. The first-order valence-corrected chi connectivity index (χ1v) is 3.29. The number of H-pyrrole nitrogens is 1. The quantitative estimate of drug-likeness (QED) is 0.577. The third kappa shape index (κ3) is 0.733. The van der Waals surface area contributed by atoms with Crippen molar-refractivity contribution in [1.82, 2.24) is 14.6 Å². The molecule has 0 amide bonds. The van der Waals surface area contributed by atoms with Crippen molar-refractivity contribution in [2.45, 2.75) is 0 Å². The Morgan fingerprint density at radius 2 is 2.40 bits per heavy atom. The van der Waals surface area contributed by atoms with Gasteiger partial charge in [-0.15, -0.1) is 0 Å². The third-order valence-corrected chi connectivity index (χ3v) is 1.51. The van der Waals surface area contributed by atoms with Gasteiger partial charge < -0.3 is 0 Å². The van der Waals surface area contributed by atoms with Gasteiger partial charge >= 0.3 is 0 Å². The van der Waals surface area contributed by atoms with Crippen molar-refractivity contribution < 1.29 is 0 Å². The lowest BCUT2D eigenvalue weighted by molar-refractivity contribution is 0.924. The van der Waals surface area contributed by atoms with Crippen molar-refractivity contribution in [3.63, 3.8) is 0 Å². The lowest BCUT2D eigenvalue weighted by Gasteiger charge is -1.89. The molecule has 3 nitrogen and oxygen atoms in total. The first-order valence-electron chi connectivity index (χ1n) is 2.89. The second kappa shape index (κ2) is 1.91. The van der Waals surface area contributed by atoms with Crippen LogP contribution in [0.15, 0.2) is 24.5 Å². The first-order chi connectivity index (χ1) is 4.86. The molecule has 0 radical (unpaired) electrons. The molecule has 2 heterocycles. The van der Waals surface area contributed by atoms with Gasteiger partial charge in [-0.2, -0.15) is 0 Å². The van der Waals surface area contributed by atoms with Gasteiger partial charge in [0, 0.05) is 12.4 Å². The number of hydrogen-bond acceptors (Lipinski definition) is 2. The molecule has 0 bridgehead atoms. The molecule has 0 spiro atoms. The van der Waals surface area contributed by atoms with Gasteiger partial charge in [0.1, 0.15) is 4.64 Å². The van der Waals surface area contributed by atoms with E-state index in [9.17, 15) is 0 Å². The maximum atomic E-state index is 4.90. The fourth-order valence-electron chi connectivity index (χ4n) is 0.839. The third-order valence-electron chi connectivity index (χ3n) is 1.28. The smallest absolute Gasteiger partial charge is 0.151 e. The number of aromatic nitrogens is 3. The summed E-state index contributed by atoms with van der Waals surface area (Å²) in [7, 11) is 0. The normalized spacial score (nSPS) is 10.4. The molecule has 10 heavy (non-hydrogen) atoms. The van der Waals surface area contributed by atoms with Crippen molar-refractivity contribution in [2.24, 2.45) is 0 Å².